The van der Waals surface area contributed by atoms with E-state index in [2.05, 4.69) is 15.9 Å². The molecule has 0 atom stereocenters. The first kappa shape index (κ1) is 14.4. The molecule has 20 heavy (non-hydrogen) atoms. The summed E-state index contributed by atoms with van der Waals surface area (Å²) in [4.78, 5) is 15.0. The van der Waals surface area contributed by atoms with Crippen molar-refractivity contribution >= 4 is 56.2 Å². The van der Waals surface area contributed by atoms with Gasteiger partial charge in [-0.1, -0.05) is 43.2 Å². The maximum Gasteiger partial charge on any atom is 0.266 e. The smallest absolute Gasteiger partial charge is 0.266 e. The lowest BCUT2D eigenvalue weighted by Gasteiger charge is -2.29. The minimum absolute atomic E-state index is 0.0272. The van der Waals surface area contributed by atoms with Crippen LogP contribution >= 0.6 is 39.9 Å². The third-order valence-corrected chi connectivity index (χ3v) is 5.39. The van der Waals surface area contributed by atoms with E-state index in [9.17, 15) is 4.79 Å². The fourth-order valence-corrected chi connectivity index (χ4v) is 4.37. The topological polar surface area (TPSA) is 33.5 Å². The highest BCUT2D eigenvalue weighted by Crippen LogP contribution is 2.37. The Labute approximate surface area is 135 Å². The molecular weight excluding hydrogens is 358 g/mol. The van der Waals surface area contributed by atoms with E-state index >= 15 is 0 Å². The van der Waals surface area contributed by atoms with Gasteiger partial charge in [0.25, 0.3) is 5.91 Å². The van der Waals surface area contributed by atoms with Crippen LogP contribution < -0.4 is 0 Å². The molecule has 1 aromatic heterocycles. The van der Waals surface area contributed by atoms with E-state index in [1.54, 1.807) is 6.08 Å². The molecule has 3 rings (SSSR count). The molecule has 0 radical (unpaired) electrons. The number of thiocarbonyl (C=S) groups is 1. The van der Waals surface area contributed by atoms with E-state index in [0.717, 1.165) is 12.8 Å². The minimum atomic E-state index is 0.0272. The van der Waals surface area contributed by atoms with Crippen LogP contribution in [-0.4, -0.2) is 21.2 Å². The summed E-state index contributed by atoms with van der Waals surface area (Å²) in [5, 5.41) is 0. The molecule has 6 heteroatoms. The Bertz CT molecular complexity index is 575. The first-order chi connectivity index (χ1) is 9.65. The van der Waals surface area contributed by atoms with Crippen LogP contribution in [-0.2, 0) is 4.79 Å². The molecule has 2 heterocycles. The van der Waals surface area contributed by atoms with E-state index in [1.165, 1.54) is 31.0 Å². The third kappa shape index (κ3) is 2.87. The standard InChI is InChI=1S/C14H14BrNO2S2/c15-12-7-6-10(18-12)8-11-13(17)16(14(19)20-11)9-4-2-1-3-5-9/h6-9H,1-5H2. The zero-order valence-corrected chi connectivity index (χ0v) is 14.0. The molecule has 0 spiro atoms. The lowest BCUT2D eigenvalue weighted by Crippen LogP contribution is -2.39. The lowest BCUT2D eigenvalue weighted by molar-refractivity contribution is -0.124. The Morgan fingerprint density at radius 2 is 2.10 bits per heavy atom. The number of carbonyl (C=O) groups excluding carboxylic acids is 1. The molecule has 0 aromatic carbocycles. The highest BCUT2D eigenvalue weighted by atomic mass is 79.9. The summed E-state index contributed by atoms with van der Waals surface area (Å²) in [7, 11) is 0. The van der Waals surface area contributed by atoms with Crippen molar-refractivity contribution in [3.8, 4) is 0 Å². The molecule has 0 unspecified atom stereocenters. The number of rotatable bonds is 2. The quantitative estimate of drug-likeness (QED) is 0.562. The molecule has 1 aliphatic heterocycles. The van der Waals surface area contributed by atoms with Gasteiger partial charge in [-0.3, -0.25) is 9.69 Å². The average molecular weight is 372 g/mol. The molecule has 2 fully saturated rings. The summed E-state index contributed by atoms with van der Waals surface area (Å²) in [6.07, 6.45) is 7.53. The molecule has 1 aliphatic carbocycles. The Balaban J connectivity index is 1.81. The Morgan fingerprint density at radius 1 is 1.35 bits per heavy atom. The molecule has 0 bridgehead atoms. The van der Waals surface area contributed by atoms with E-state index in [-0.39, 0.29) is 11.9 Å². The zero-order chi connectivity index (χ0) is 14.1. The summed E-state index contributed by atoms with van der Waals surface area (Å²) >= 11 is 10.0. The molecule has 3 nitrogen and oxygen atoms in total. The van der Waals surface area contributed by atoms with Gasteiger partial charge in [-0.2, -0.15) is 0 Å². The van der Waals surface area contributed by atoms with Crippen molar-refractivity contribution in [2.75, 3.05) is 0 Å². The minimum Gasteiger partial charge on any atom is -0.450 e. The van der Waals surface area contributed by atoms with Gasteiger partial charge in [0.15, 0.2) is 4.67 Å². The largest absolute Gasteiger partial charge is 0.450 e. The molecule has 1 amide bonds. The van der Waals surface area contributed by atoms with Gasteiger partial charge >= 0.3 is 0 Å². The molecule has 0 N–H and O–H groups in total. The first-order valence-corrected chi connectivity index (χ1v) is 8.69. The fraction of sp³-hybridized carbons (Fsp3) is 0.429. The summed E-state index contributed by atoms with van der Waals surface area (Å²) < 4.78 is 6.76. The van der Waals surface area contributed by atoms with Gasteiger partial charge in [0.2, 0.25) is 0 Å². The molecule has 106 valence electrons. The van der Waals surface area contributed by atoms with Crippen molar-refractivity contribution < 1.29 is 9.21 Å². The third-order valence-electron chi connectivity index (χ3n) is 3.63. The van der Waals surface area contributed by atoms with Crippen molar-refractivity contribution in [2.24, 2.45) is 0 Å². The summed E-state index contributed by atoms with van der Waals surface area (Å²) in [5.41, 5.74) is 0. The van der Waals surface area contributed by atoms with Crippen molar-refractivity contribution in [3.05, 3.63) is 27.5 Å². The Hall–Kier alpha value is -0.590. The van der Waals surface area contributed by atoms with Crippen molar-refractivity contribution in [3.63, 3.8) is 0 Å². The van der Waals surface area contributed by atoms with Crippen LogP contribution in [0.1, 0.15) is 37.9 Å². The Kier molecular flexibility index (Phi) is 4.33. The van der Waals surface area contributed by atoms with E-state index in [4.69, 9.17) is 16.6 Å². The maximum absolute atomic E-state index is 12.5. The number of thioether (sulfide) groups is 1. The first-order valence-electron chi connectivity index (χ1n) is 6.67. The van der Waals surface area contributed by atoms with Crippen LogP contribution in [0.25, 0.3) is 6.08 Å². The van der Waals surface area contributed by atoms with E-state index < -0.39 is 0 Å². The normalized spacial score (nSPS) is 23.1. The summed E-state index contributed by atoms with van der Waals surface area (Å²) in [6.45, 7) is 0. The highest BCUT2D eigenvalue weighted by molar-refractivity contribution is 9.10. The summed E-state index contributed by atoms with van der Waals surface area (Å²) in [5.74, 6) is 0.695. The second-order valence-electron chi connectivity index (χ2n) is 4.99. The number of hydrogen-bond donors (Lipinski definition) is 0. The van der Waals surface area contributed by atoms with Gasteiger partial charge in [0.1, 0.15) is 10.1 Å². The van der Waals surface area contributed by atoms with E-state index in [0.29, 0.717) is 19.7 Å². The van der Waals surface area contributed by atoms with Crippen molar-refractivity contribution in [2.45, 2.75) is 38.1 Å². The van der Waals surface area contributed by atoms with E-state index in [1.807, 2.05) is 17.0 Å². The molecule has 2 aliphatic rings. The number of carbonyl (C=O) groups is 1. The van der Waals surface area contributed by atoms with Gasteiger partial charge in [0.05, 0.1) is 4.91 Å². The van der Waals surface area contributed by atoms with Crippen LogP contribution in [0, 0.1) is 0 Å². The van der Waals surface area contributed by atoms with Gasteiger partial charge < -0.3 is 4.42 Å². The number of hydrogen-bond acceptors (Lipinski definition) is 4. The molecule has 1 aromatic rings. The number of halogens is 1. The molecule has 1 saturated heterocycles. The molecule has 1 saturated carbocycles. The SMILES string of the molecule is O=C1C(=Cc2ccc(Br)o2)SC(=S)N1C1CCCCC1. The Morgan fingerprint density at radius 3 is 2.75 bits per heavy atom. The van der Waals surface area contributed by atoms with Crippen LogP contribution in [0.2, 0.25) is 0 Å². The van der Waals surface area contributed by atoms with Gasteiger partial charge in [-0.15, -0.1) is 0 Å². The second kappa shape index (κ2) is 6.03. The van der Waals surface area contributed by atoms with Crippen LogP contribution in [0.4, 0.5) is 0 Å². The zero-order valence-electron chi connectivity index (χ0n) is 10.8. The second-order valence-corrected chi connectivity index (χ2v) is 7.44. The highest BCUT2D eigenvalue weighted by Gasteiger charge is 2.37. The monoisotopic (exact) mass is 371 g/mol. The van der Waals surface area contributed by atoms with Crippen molar-refractivity contribution in [1.82, 2.24) is 4.90 Å². The number of furan rings is 1. The number of amides is 1. The van der Waals surface area contributed by atoms with Crippen molar-refractivity contribution in [1.29, 1.82) is 0 Å². The molecular formula is C14H14BrNO2S2. The van der Waals surface area contributed by atoms with Gasteiger partial charge in [-0.25, -0.2) is 0 Å². The average Bonchev–Trinajstić information content (AvgIpc) is 2.96. The fourth-order valence-electron chi connectivity index (χ4n) is 2.67. The van der Waals surface area contributed by atoms with Gasteiger partial charge in [-0.05, 0) is 40.9 Å². The van der Waals surface area contributed by atoms with Crippen LogP contribution in [0.3, 0.4) is 0 Å². The lowest BCUT2D eigenvalue weighted by atomic mass is 9.94. The predicted molar refractivity (Wildman–Crippen MR) is 88.3 cm³/mol. The number of nitrogens with zero attached hydrogens (tertiary/aromatic N) is 1. The predicted octanol–water partition coefficient (Wildman–Crippen LogP) is 4.58. The maximum atomic E-state index is 12.5. The van der Waals surface area contributed by atoms with Crippen LogP contribution in [0.5, 0.6) is 0 Å². The van der Waals surface area contributed by atoms with Crippen LogP contribution in [0.15, 0.2) is 26.1 Å². The summed E-state index contributed by atoms with van der Waals surface area (Å²) in [6, 6.07) is 3.93. The van der Waals surface area contributed by atoms with Gasteiger partial charge in [0, 0.05) is 12.1 Å².